The summed E-state index contributed by atoms with van der Waals surface area (Å²) < 4.78 is 19.2. The Hall–Kier alpha value is -2.08. The number of halogens is 2. The second-order valence-electron chi connectivity index (χ2n) is 6.00. The standard InChI is InChI=1S/C19H20BrFN2O2/c1-3-23-9-8-13-4-6-15(11-17(13)23)22-19(24)12(2)25-18-7-5-14(21)10-16(18)20/h4-7,10-12H,3,8-9H2,1-2H3,(H,22,24). The van der Waals surface area contributed by atoms with Gasteiger partial charge in [0, 0.05) is 24.5 Å². The number of hydrogen-bond acceptors (Lipinski definition) is 3. The summed E-state index contributed by atoms with van der Waals surface area (Å²) in [7, 11) is 0. The first-order chi connectivity index (χ1) is 12.0. The van der Waals surface area contributed by atoms with Crippen molar-refractivity contribution in [1.29, 1.82) is 0 Å². The predicted molar refractivity (Wildman–Crippen MR) is 101 cm³/mol. The molecule has 0 aliphatic carbocycles. The molecule has 0 aromatic heterocycles. The van der Waals surface area contributed by atoms with E-state index in [1.165, 1.54) is 29.4 Å². The highest BCUT2D eigenvalue weighted by molar-refractivity contribution is 9.10. The van der Waals surface area contributed by atoms with Crippen LogP contribution < -0.4 is 15.0 Å². The molecule has 4 nitrogen and oxygen atoms in total. The first-order valence-corrected chi connectivity index (χ1v) is 9.07. The SMILES string of the molecule is CCN1CCc2ccc(NC(=O)C(C)Oc3ccc(F)cc3Br)cc21. The number of hydrogen-bond donors (Lipinski definition) is 1. The maximum atomic E-state index is 13.1. The van der Waals surface area contributed by atoms with Gasteiger partial charge in [-0.2, -0.15) is 0 Å². The van der Waals surface area contributed by atoms with Gasteiger partial charge in [-0.05, 0) is 72.1 Å². The molecule has 0 saturated heterocycles. The third-order valence-electron chi connectivity index (χ3n) is 4.29. The smallest absolute Gasteiger partial charge is 0.265 e. The van der Waals surface area contributed by atoms with Gasteiger partial charge in [-0.3, -0.25) is 4.79 Å². The summed E-state index contributed by atoms with van der Waals surface area (Å²) in [5.74, 6) is -0.192. The van der Waals surface area contributed by atoms with Gasteiger partial charge < -0.3 is 15.0 Å². The van der Waals surface area contributed by atoms with Crippen molar-refractivity contribution in [2.45, 2.75) is 26.4 Å². The Morgan fingerprint density at radius 2 is 2.16 bits per heavy atom. The molecule has 0 saturated carbocycles. The normalized spacial score (nSPS) is 14.2. The number of amides is 1. The van der Waals surface area contributed by atoms with E-state index in [1.807, 2.05) is 12.1 Å². The zero-order valence-corrected chi connectivity index (χ0v) is 15.8. The minimum atomic E-state index is -0.711. The van der Waals surface area contributed by atoms with Crippen molar-refractivity contribution in [3.8, 4) is 5.75 Å². The van der Waals surface area contributed by atoms with Crippen molar-refractivity contribution in [3.05, 3.63) is 52.3 Å². The summed E-state index contributed by atoms with van der Waals surface area (Å²) in [5, 5.41) is 2.89. The molecule has 0 fully saturated rings. The van der Waals surface area contributed by atoms with Crippen molar-refractivity contribution in [1.82, 2.24) is 0 Å². The number of anilines is 2. The van der Waals surface area contributed by atoms with Crippen LogP contribution in [0.25, 0.3) is 0 Å². The van der Waals surface area contributed by atoms with E-state index in [1.54, 1.807) is 6.92 Å². The minimum Gasteiger partial charge on any atom is -0.480 e. The van der Waals surface area contributed by atoms with Crippen LogP contribution in [-0.4, -0.2) is 25.1 Å². The van der Waals surface area contributed by atoms with Gasteiger partial charge in [0.05, 0.1) is 4.47 Å². The molecule has 1 atom stereocenters. The number of nitrogens with zero attached hydrogens (tertiary/aromatic N) is 1. The van der Waals surface area contributed by atoms with Gasteiger partial charge in [-0.1, -0.05) is 6.07 Å². The zero-order valence-electron chi connectivity index (χ0n) is 14.2. The van der Waals surface area contributed by atoms with Gasteiger partial charge in [-0.15, -0.1) is 0 Å². The number of carbonyl (C=O) groups excluding carboxylic acids is 1. The molecule has 1 heterocycles. The maximum Gasteiger partial charge on any atom is 0.265 e. The molecule has 25 heavy (non-hydrogen) atoms. The molecule has 1 unspecified atom stereocenters. The second-order valence-corrected chi connectivity index (χ2v) is 6.85. The Morgan fingerprint density at radius 3 is 2.88 bits per heavy atom. The van der Waals surface area contributed by atoms with E-state index in [9.17, 15) is 9.18 Å². The predicted octanol–water partition coefficient (Wildman–Crippen LogP) is 4.38. The van der Waals surface area contributed by atoms with Crippen molar-refractivity contribution in [2.75, 3.05) is 23.3 Å². The maximum absolute atomic E-state index is 13.1. The number of rotatable bonds is 5. The molecule has 1 aliphatic rings. The Morgan fingerprint density at radius 1 is 1.36 bits per heavy atom. The Balaban J connectivity index is 1.67. The van der Waals surface area contributed by atoms with Gasteiger partial charge in [0.15, 0.2) is 6.10 Å². The van der Waals surface area contributed by atoms with Crippen LogP contribution in [0.1, 0.15) is 19.4 Å². The number of likely N-dealkylation sites (N-methyl/N-ethyl adjacent to an activating group) is 1. The van der Waals surface area contributed by atoms with E-state index in [2.05, 4.69) is 39.1 Å². The third kappa shape index (κ3) is 3.95. The summed E-state index contributed by atoms with van der Waals surface area (Å²) in [6.07, 6.45) is 0.326. The molecule has 1 aliphatic heterocycles. The molecule has 0 bridgehead atoms. The Bertz CT molecular complexity index is 797. The third-order valence-corrected chi connectivity index (χ3v) is 4.91. The molecule has 2 aromatic rings. The van der Waals surface area contributed by atoms with Crippen LogP contribution in [0.15, 0.2) is 40.9 Å². The minimum absolute atomic E-state index is 0.253. The highest BCUT2D eigenvalue weighted by Crippen LogP contribution is 2.31. The lowest BCUT2D eigenvalue weighted by molar-refractivity contribution is -0.122. The zero-order chi connectivity index (χ0) is 18.0. The van der Waals surface area contributed by atoms with Gasteiger partial charge in [0.25, 0.3) is 5.91 Å². The average Bonchev–Trinajstić information content (AvgIpc) is 2.99. The van der Waals surface area contributed by atoms with Crippen LogP contribution in [0, 0.1) is 5.82 Å². The van der Waals surface area contributed by atoms with Crippen LogP contribution in [0.4, 0.5) is 15.8 Å². The number of nitrogens with one attached hydrogen (secondary N) is 1. The van der Waals surface area contributed by atoms with E-state index >= 15 is 0 Å². The second kappa shape index (κ2) is 7.44. The topological polar surface area (TPSA) is 41.6 Å². The summed E-state index contributed by atoms with van der Waals surface area (Å²) in [5.41, 5.74) is 3.23. The number of fused-ring (bicyclic) bond motifs is 1. The van der Waals surface area contributed by atoms with Crippen LogP contribution in [0.2, 0.25) is 0 Å². The summed E-state index contributed by atoms with van der Waals surface area (Å²) in [6.45, 7) is 5.75. The fraction of sp³-hybridized carbons (Fsp3) is 0.316. The molecule has 0 radical (unpaired) electrons. The fourth-order valence-electron chi connectivity index (χ4n) is 2.91. The van der Waals surface area contributed by atoms with Crippen LogP contribution in [0.5, 0.6) is 5.75 Å². The summed E-state index contributed by atoms with van der Waals surface area (Å²) >= 11 is 3.24. The van der Waals surface area contributed by atoms with Crippen molar-refractivity contribution < 1.29 is 13.9 Å². The number of carbonyl (C=O) groups is 1. The Labute approximate surface area is 155 Å². The Kier molecular flexibility index (Phi) is 5.27. The molecule has 3 rings (SSSR count). The van der Waals surface area contributed by atoms with Gasteiger partial charge in [0.2, 0.25) is 0 Å². The van der Waals surface area contributed by atoms with Crippen LogP contribution in [-0.2, 0) is 11.2 Å². The lowest BCUT2D eigenvalue weighted by atomic mass is 10.1. The summed E-state index contributed by atoms with van der Waals surface area (Å²) in [4.78, 5) is 14.7. The molecule has 2 aromatic carbocycles. The van der Waals surface area contributed by atoms with Gasteiger partial charge in [0.1, 0.15) is 11.6 Å². The first kappa shape index (κ1) is 17.7. The largest absolute Gasteiger partial charge is 0.480 e. The van der Waals surface area contributed by atoms with E-state index in [0.717, 1.165) is 25.2 Å². The molecule has 1 amide bonds. The van der Waals surface area contributed by atoms with Crippen LogP contribution >= 0.6 is 15.9 Å². The van der Waals surface area contributed by atoms with Crippen LogP contribution in [0.3, 0.4) is 0 Å². The van der Waals surface area contributed by atoms with E-state index < -0.39 is 6.10 Å². The van der Waals surface area contributed by atoms with E-state index in [-0.39, 0.29) is 11.7 Å². The monoisotopic (exact) mass is 406 g/mol. The van der Waals surface area contributed by atoms with Crippen molar-refractivity contribution in [2.24, 2.45) is 0 Å². The highest BCUT2D eigenvalue weighted by Gasteiger charge is 2.20. The molecule has 1 N–H and O–H groups in total. The quantitative estimate of drug-likeness (QED) is 0.800. The lowest BCUT2D eigenvalue weighted by Gasteiger charge is -2.19. The molecular formula is C19H20BrFN2O2. The lowest BCUT2D eigenvalue weighted by Crippen LogP contribution is -2.30. The van der Waals surface area contributed by atoms with Gasteiger partial charge in [-0.25, -0.2) is 4.39 Å². The molecule has 132 valence electrons. The van der Waals surface area contributed by atoms with Crippen molar-refractivity contribution >= 4 is 33.2 Å². The summed E-state index contributed by atoms with van der Waals surface area (Å²) in [6, 6.07) is 10.1. The van der Waals surface area contributed by atoms with Crippen molar-refractivity contribution in [3.63, 3.8) is 0 Å². The van der Waals surface area contributed by atoms with E-state index in [4.69, 9.17) is 4.74 Å². The molecule has 0 spiro atoms. The van der Waals surface area contributed by atoms with E-state index in [0.29, 0.717) is 10.2 Å². The fourth-order valence-corrected chi connectivity index (χ4v) is 3.35. The number of benzene rings is 2. The average molecular weight is 407 g/mol. The molecule has 6 heteroatoms. The highest BCUT2D eigenvalue weighted by atomic mass is 79.9. The first-order valence-electron chi connectivity index (χ1n) is 8.28. The number of ether oxygens (including phenoxy) is 1. The van der Waals surface area contributed by atoms with Gasteiger partial charge >= 0.3 is 0 Å². The molecular weight excluding hydrogens is 387 g/mol.